The Hall–Kier alpha value is -2.30. The molecule has 0 aliphatic carbocycles. The van der Waals surface area contributed by atoms with Crippen LogP contribution in [0.4, 0.5) is 18.3 Å². The second-order valence-corrected chi connectivity index (χ2v) is 9.11. The maximum Gasteiger partial charge on any atom is 0.573 e. The fourth-order valence-electron chi connectivity index (χ4n) is 2.74. The van der Waals surface area contributed by atoms with Crippen LogP contribution in [0.2, 0.25) is 0 Å². The molecule has 0 atom stereocenters. The van der Waals surface area contributed by atoms with Crippen LogP contribution in [0.25, 0.3) is 10.2 Å². The number of aromatic nitrogens is 1. The fourth-order valence-corrected chi connectivity index (χ4v) is 4.64. The summed E-state index contributed by atoms with van der Waals surface area (Å²) in [7, 11) is 3.82. The van der Waals surface area contributed by atoms with Crippen LogP contribution < -0.4 is 9.64 Å². The molecular weight excluding hydrogens is 447 g/mol. The van der Waals surface area contributed by atoms with Crippen molar-refractivity contribution in [2.45, 2.75) is 17.7 Å². The molecule has 0 aliphatic rings. The molecule has 2 aromatic carbocycles. The second-order valence-electron chi connectivity index (χ2n) is 6.93. The third-order valence-electron chi connectivity index (χ3n) is 4.21. The van der Waals surface area contributed by atoms with Crippen molar-refractivity contribution in [3.8, 4) is 5.75 Å². The van der Waals surface area contributed by atoms with Crippen LogP contribution in [0.3, 0.4) is 0 Å². The molecule has 0 unspecified atom stereocenters. The number of hydrogen-bond donors (Lipinski definition) is 0. The van der Waals surface area contributed by atoms with E-state index in [0.29, 0.717) is 40.6 Å². The maximum atomic E-state index is 13.0. The van der Waals surface area contributed by atoms with Crippen LogP contribution in [0, 0.1) is 0 Å². The normalized spacial score (nSPS) is 11.8. The quantitative estimate of drug-likeness (QED) is 0.400. The number of carbonyl (C=O) groups excluding carboxylic acids is 1. The summed E-state index contributed by atoms with van der Waals surface area (Å²) in [4.78, 5) is 22.1. The minimum atomic E-state index is -4.76. The first kappa shape index (κ1) is 23.4. The van der Waals surface area contributed by atoms with Crippen molar-refractivity contribution in [2.75, 3.05) is 37.8 Å². The lowest BCUT2D eigenvalue weighted by Crippen LogP contribution is -2.36. The minimum Gasteiger partial charge on any atom is -0.406 e. The van der Waals surface area contributed by atoms with Crippen LogP contribution in [-0.2, 0) is 4.79 Å². The Morgan fingerprint density at radius 1 is 1.13 bits per heavy atom. The highest BCUT2D eigenvalue weighted by Gasteiger charge is 2.31. The molecular formula is C21H22F3N3O2S2. The van der Waals surface area contributed by atoms with Gasteiger partial charge in [0.1, 0.15) is 5.75 Å². The Balaban J connectivity index is 1.75. The van der Waals surface area contributed by atoms with E-state index in [9.17, 15) is 18.0 Å². The van der Waals surface area contributed by atoms with E-state index in [4.69, 9.17) is 0 Å². The van der Waals surface area contributed by atoms with Crippen molar-refractivity contribution in [3.05, 3.63) is 48.5 Å². The molecule has 3 rings (SSSR count). The maximum absolute atomic E-state index is 13.0. The van der Waals surface area contributed by atoms with Crippen LogP contribution in [0.1, 0.15) is 6.42 Å². The Morgan fingerprint density at radius 2 is 1.87 bits per heavy atom. The number of hydrogen-bond acceptors (Lipinski definition) is 6. The zero-order valence-corrected chi connectivity index (χ0v) is 18.7. The summed E-state index contributed by atoms with van der Waals surface area (Å²) in [5, 5.41) is 0.468. The highest BCUT2D eigenvalue weighted by Crippen LogP contribution is 2.33. The van der Waals surface area contributed by atoms with Gasteiger partial charge in [0.25, 0.3) is 0 Å². The van der Waals surface area contributed by atoms with Gasteiger partial charge in [-0.2, -0.15) is 0 Å². The topological polar surface area (TPSA) is 45.7 Å². The molecule has 5 nitrogen and oxygen atoms in total. The van der Waals surface area contributed by atoms with Gasteiger partial charge in [-0.15, -0.1) is 24.9 Å². The largest absolute Gasteiger partial charge is 0.573 e. The number of alkyl halides is 3. The summed E-state index contributed by atoms with van der Waals surface area (Å²) in [6, 6.07) is 13.8. The number of halogens is 3. The van der Waals surface area contributed by atoms with Gasteiger partial charge in [-0.25, -0.2) is 4.98 Å². The second kappa shape index (κ2) is 10.3. The molecule has 1 amide bonds. The first-order chi connectivity index (χ1) is 14.7. The predicted molar refractivity (Wildman–Crippen MR) is 119 cm³/mol. The van der Waals surface area contributed by atoms with Crippen molar-refractivity contribution in [3.63, 3.8) is 0 Å². The van der Waals surface area contributed by atoms with Crippen LogP contribution in [0.15, 0.2) is 53.4 Å². The van der Waals surface area contributed by atoms with Crippen LogP contribution in [0.5, 0.6) is 5.75 Å². The average Bonchev–Trinajstić information content (AvgIpc) is 3.10. The molecule has 10 heteroatoms. The van der Waals surface area contributed by atoms with Crippen molar-refractivity contribution in [1.82, 2.24) is 9.88 Å². The molecule has 0 saturated heterocycles. The van der Waals surface area contributed by atoms with E-state index in [0.717, 1.165) is 4.90 Å². The van der Waals surface area contributed by atoms with E-state index in [-0.39, 0.29) is 11.7 Å². The number of thioether (sulfide) groups is 1. The number of nitrogens with zero attached hydrogens (tertiary/aromatic N) is 3. The molecule has 1 aromatic heterocycles. The lowest BCUT2D eigenvalue weighted by Gasteiger charge is -2.22. The summed E-state index contributed by atoms with van der Waals surface area (Å²) >= 11 is 2.78. The van der Waals surface area contributed by atoms with E-state index in [1.807, 2.05) is 49.3 Å². The fraction of sp³-hybridized carbons (Fsp3) is 0.333. The predicted octanol–water partition coefficient (Wildman–Crippen LogP) is 5.27. The molecule has 3 aromatic rings. The van der Waals surface area contributed by atoms with E-state index in [1.54, 1.807) is 16.7 Å². The summed E-state index contributed by atoms with van der Waals surface area (Å²) in [5.41, 5.74) is 0.524. The monoisotopic (exact) mass is 469 g/mol. The molecule has 1 heterocycles. The van der Waals surface area contributed by atoms with E-state index >= 15 is 0 Å². The summed E-state index contributed by atoms with van der Waals surface area (Å²) in [6.45, 7) is 1.07. The number of carbonyl (C=O) groups is 1. The first-order valence-electron chi connectivity index (χ1n) is 9.50. The van der Waals surface area contributed by atoms with Crippen LogP contribution in [-0.4, -0.2) is 55.1 Å². The van der Waals surface area contributed by atoms with Crippen LogP contribution >= 0.6 is 23.1 Å². The number of benzene rings is 2. The molecule has 0 aliphatic heterocycles. The first-order valence-corrected chi connectivity index (χ1v) is 11.3. The summed E-state index contributed by atoms with van der Waals surface area (Å²) in [6.07, 6.45) is -4.43. The highest BCUT2D eigenvalue weighted by molar-refractivity contribution is 7.99. The highest BCUT2D eigenvalue weighted by atomic mass is 32.2. The molecule has 0 spiro atoms. The van der Waals surface area contributed by atoms with E-state index < -0.39 is 6.36 Å². The van der Waals surface area contributed by atoms with Crippen molar-refractivity contribution in [2.24, 2.45) is 0 Å². The standard InChI is InChI=1S/C21H22F3N3O2S2/c1-26(2)11-12-27(19(28)10-13-30-16-6-4-3-5-7-16)20-25-17-9-8-15(14-18(17)31-20)29-21(22,23)24/h3-9,14H,10-13H2,1-2H3. The van der Waals surface area contributed by atoms with Gasteiger partial charge in [0, 0.05) is 36.2 Å². The van der Waals surface area contributed by atoms with Gasteiger partial charge >= 0.3 is 6.36 Å². The zero-order valence-electron chi connectivity index (χ0n) is 17.1. The third-order valence-corrected chi connectivity index (χ3v) is 6.27. The van der Waals surface area contributed by atoms with E-state index in [1.165, 1.54) is 29.5 Å². The minimum absolute atomic E-state index is 0.0731. The lowest BCUT2D eigenvalue weighted by molar-refractivity contribution is -0.274. The number of amides is 1. The number of anilines is 1. The zero-order chi connectivity index (χ0) is 22.4. The van der Waals surface area contributed by atoms with Gasteiger partial charge in [0.2, 0.25) is 5.91 Å². The molecule has 166 valence electrons. The number of thiazole rings is 1. The van der Waals surface area contributed by atoms with Gasteiger partial charge in [0.05, 0.1) is 10.2 Å². The van der Waals surface area contributed by atoms with Gasteiger partial charge in [0.15, 0.2) is 5.13 Å². The van der Waals surface area contributed by atoms with Gasteiger partial charge in [-0.05, 0) is 38.4 Å². The van der Waals surface area contributed by atoms with Crippen molar-refractivity contribution in [1.29, 1.82) is 0 Å². The lowest BCUT2D eigenvalue weighted by atomic mass is 10.3. The molecule has 0 saturated carbocycles. The molecule has 0 N–H and O–H groups in total. The number of rotatable bonds is 9. The Kier molecular flexibility index (Phi) is 7.79. The Morgan fingerprint density at radius 3 is 2.55 bits per heavy atom. The molecule has 31 heavy (non-hydrogen) atoms. The van der Waals surface area contributed by atoms with Crippen molar-refractivity contribution < 1.29 is 22.7 Å². The smallest absolute Gasteiger partial charge is 0.406 e. The Labute approximate surface area is 186 Å². The van der Waals surface area contributed by atoms with Gasteiger partial charge in [-0.3, -0.25) is 9.69 Å². The van der Waals surface area contributed by atoms with E-state index in [2.05, 4.69) is 9.72 Å². The number of fused-ring (bicyclic) bond motifs is 1. The number of ether oxygens (including phenoxy) is 1. The summed E-state index contributed by atoms with van der Waals surface area (Å²) < 4.78 is 42.0. The van der Waals surface area contributed by atoms with Crippen molar-refractivity contribution >= 4 is 44.4 Å². The average molecular weight is 470 g/mol. The van der Waals surface area contributed by atoms with Gasteiger partial charge in [-0.1, -0.05) is 29.5 Å². The molecule has 0 fully saturated rings. The molecule has 0 bridgehead atoms. The SMILES string of the molecule is CN(C)CCN(C(=O)CCSc1ccccc1)c1nc2ccc(OC(F)(F)F)cc2s1. The third kappa shape index (κ3) is 7.12. The van der Waals surface area contributed by atoms with Gasteiger partial charge < -0.3 is 9.64 Å². The summed E-state index contributed by atoms with van der Waals surface area (Å²) in [5.74, 6) is 0.243. The number of likely N-dealkylation sites (N-methyl/N-ethyl adjacent to an activating group) is 1. The molecule has 0 radical (unpaired) electrons. The Bertz CT molecular complexity index is 1010.